The Bertz CT molecular complexity index is 672. The fourth-order valence-corrected chi connectivity index (χ4v) is 2.12. The van der Waals surface area contributed by atoms with Gasteiger partial charge >= 0.3 is 0 Å². The molecule has 6 nitrogen and oxygen atoms in total. The molecule has 0 spiro atoms. The van der Waals surface area contributed by atoms with E-state index >= 15 is 0 Å². The van der Waals surface area contributed by atoms with E-state index in [1.165, 1.54) is 14.2 Å². The minimum Gasteiger partial charge on any atom is -0.493 e. The average Bonchev–Trinajstić information content (AvgIpc) is 2.54. The predicted molar refractivity (Wildman–Crippen MR) is 85.1 cm³/mol. The third-order valence-electron chi connectivity index (χ3n) is 3.09. The van der Waals surface area contributed by atoms with E-state index in [0.717, 1.165) is 0 Å². The number of ketones is 1. The quantitative estimate of drug-likeness (QED) is 0.731. The van der Waals surface area contributed by atoms with Crippen molar-refractivity contribution in [2.75, 3.05) is 14.2 Å². The number of carbonyl (C=O) groups is 1. The van der Waals surface area contributed by atoms with Crippen LogP contribution < -0.4 is 14.2 Å². The molecule has 1 atom stereocenters. The molecule has 2 aromatic rings. The molecular formula is C17H19N2O4. The van der Waals surface area contributed by atoms with E-state index in [0.29, 0.717) is 28.5 Å². The molecule has 121 valence electrons. The predicted octanol–water partition coefficient (Wildman–Crippen LogP) is 2.52. The summed E-state index contributed by atoms with van der Waals surface area (Å²) < 4.78 is 16.3. The second-order valence-corrected chi connectivity index (χ2v) is 4.92. The molecule has 0 fully saturated rings. The lowest BCUT2D eigenvalue weighted by Crippen LogP contribution is -2.13. The van der Waals surface area contributed by atoms with Gasteiger partial charge in [0.05, 0.1) is 38.0 Å². The standard InChI is InChI=1S/C17H19N2O4/c1-11(2)23-16-13(7-8-15(21-3)17(16)22-4)14(20)10-12-6-5-9-18-19-12/h5-9,11H,1,10H2,2-4H3. The van der Waals surface area contributed by atoms with Gasteiger partial charge in [0.1, 0.15) is 0 Å². The lowest BCUT2D eigenvalue weighted by Gasteiger charge is -2.18. The van der Waals surface area contributed by atoms with Gasteiger partial charge in [0.15, 0.2) is 17.3 Å². The van der Waals surface area contributed by atoms with E-state index in [2.05, 4.69) is 17.1 Å². The first-order valence-electron chi connectivity index (χ1n) is 7.11. The van der Waals surface area contributed by atoms with Crippen LogP contribution in [0.4, 0.5) is 0 Å². The third-order valence-corrected chi connectivity index (χ3v) is 3.09. The molecule has 1 aromatic carbocycles. The number of hydrogen-bond acceptors (Lipinski definition) is 6. The molecule has 0 N–H and O–H groups in total. The maximum Gasteiger partial charge on any atom is 0.204 e. The molecule has 0 aliphatic heterocycles. The lowest BCUT2D eigenvalue weighted by molar-refractivity contribution is 0.0985. The fraction of sp³-hybridized carbons (Fsp3) is 0.294. The molecule has 0 saturated heterocycles. The number of methoxy groups -OCH3 is 2. The Labute approximate surface area is 135 Å². The summed E-state index contributed by atoms with van der Waals surface area (Å²) in [5.74, 6) is 1.03. The summed E-state index contributed by atoms with van der Waals surface area (Å²) in [6.45, 7) is 5.57. The van der Waals surface area contributed by atoms with Crippen LogP contribution in [0.5, 0.6) is 17.2 Å². The van der Waals surface area contributed by atoms with E-state index in [9.17, 15) is 4.79 Å². The van der Waals surface area contributed by atoms with Crippen molar-refractivity contribution in [3.8, 4) is 17.2 Å². The molecular weight excluding hydrogens is 296 g/mol. The summed E-state index contributed by atoms with van der Waals surface area (Å²) >= 11 is 0. The van der Waals surface area contributed by atoms with E-state index < -0.39 is 0 Å². The minimum atomic E-state index is -0.362. The molecule has 6 heteroatoms. The number of ether oxygens (including phenoxy) is 3. The topological polar surface area (TPSA) is 70.5 Å². The highest BCUT2D eigenvalue weighted by Gasteiger charge is 2.22. The van der Waals surface area contributed by atoms with Gasteiger partial charge in [-0.25, -0.2) is 0 Å². The fourth-order valence-electron chi connectivity index (χ4n) is 2.12. The Hall–Kier alpha value is -2.63. The van der Waals surface area contributed by atoms with E-state index in [4.69, 9.17) is 14.2 Å². The van der Waals surface area contributed by atoms with Gasteiger partial charge in [-0.15, -0.1) is 0 Å². The van der Waals surface area contributed by atoms with Crippen LogP contribution in [0.3, 0.4) is 0 Å². The van der Waals surface area contributed by atoms with Crippen LogP contribution in [0, 0.1) is 6.92 Å². The van der Waals surface area contributed by atoms with Crippen LogP contribution in [0.25, 0.3) is 0 Å². The normalized spacial score (nSPS) is 10.5. The highest BCUT2D eigenvalue weighted by molar-refractivity contribution is 6.01. The van der Waals surface area contributed by atoms with Crippen molar-refractivity contribution in [3.05, 3.63) is 48.6 Å². The number of Topliss-reactive ketones (excluding diaryl/α,β-unsaturated/α-hetero) is 1. The maximum absolute atomic E-state index is 12.6. The molecule has 2 rings (SSSR count). The van der Waals surface area contributed by atoms with Crippen LogP contribution in [-0.4, -0.2) is 36.3 Å². The van der Waals surface area contributed by atoms with Crippen LogP contribution >= 0.6 is 0 Å². The highest BCUT2D eigenvalue weighted by atomic mass is 16.5. The van der Waals surface area contributed by atoms with Gasteiger partial charge in [-0.2, -0.15) is 10.2 Å². The van der Waals surface area contributed by atoms with E-state index in [1.807, 2.05) is 0 Å². The Morgan fingerprint density at radius 3 is 2.57 bits per heavy atom. The maximum atomic E-state index is 12.6. The molecule has 0 aliphatic carbocycles. The van der Waals surface area contributed by atoms with Crippen LogP contribution in [-0.2, 0) is 6.42 Å². The third kappa shape index (κ3) is 3.97. The van der Waals surface area contributed by atoms with Crippen molar-refractivity contribution in [1.82, 2.24) is 10.2 Å². The molecule has 0 saturated carbocycles. The SMILES string of the molecule is [CH2]C(C)Oc1c(C(=O)Cc2cccnn2)ccc(OC)c1OC. The van der Waals surface area contributed by atoms with Gasteiger partial charge in [-0.1, -0.05) is 0 Å². The zero-order valence-corrected chi connectivity index (χ0v) is 13.4. The molecule has 1 unspecified atom stereocenters. The molecule has 23 heavy (non-hydrogen) atoms. The number of nitrogens with zero attached hydrogens (tertiary/aromatic N) is 2. The monoisotopic (exact) mass is 315 g/mol. The molecule has 1 heterocycles. The van der Waals surface area contributed by atoms with E-state index in [1.54, 1.807) is 37.4 Å². The minimum absolute atomic E-state index is 0.116. The van der Waals surface area contributed by atoms with Crippen molar-refractivity contribution >= 4 is 5.78 Å². The highest BCUT2D eigenvalue weighted by Crippen LogP contribution is 2.40. The lowest BCUT2D eigenvalue weighted by atomic mass is 10.0. The Kier molecular flexibility index (Phi) is 5.51. The number of benzene rings is 1. The van der Waals surface area contributed by atoms with Crippen LogP contribution in [0.15, 0.2) is 30.5 Å². The number of carbonyl (C=O) groups excluding carboxylic acids is 1. The Morgan fingerprint density at radius 2 is 2.00 bits per heavy atom. The first kappa shape index (κ1) is 16.7. The molecule has 0 bridgehead atoms. The second-order valence-electron chi connectivity index (χ2n) is 4.92. The second kappa shape index (κ2) is 7.58. The van der Waals surface area contributed by atoms with Crippen LogP contribution in [0.2, 0.25) is 0 Å². The van der Waals surface area contributed by atoms with Crippen LogP contribution in [0.1, 0.15) is 23.0 Å². The Morgan fingerprint density at radius 1 is 1.22 bits per heavy atom. The summed E-state index contributed by atoms with van der Waals surface area (Å²) in [4.78, 5) is 12.6. The smallest absolute Gasteiger partial charge is 0.204 e. The van der Waals surface area contributed by atoms with Gasteiger partial charge in [0.25, 0.3) is 0 Å². The van der Waals surface area contributed by atoms with Crippen molar-refractivity contribution in [3.63, 3.8) is 0 Å². The molecule has 1 radical (unpaired) electrons. The van der Waals surface area contributed by atoms with Gasteiger partial charge in [0, 0.05) is 6.20 Å². The van der Waals surface area contributed by atoms with Gasteiger partial charge in [-0.3, -0.25) is 4.79 Å². The largest absolute Gasteiger partial charge is 0.493 e. The van der Waals surface area contributed by atoms with Gasteiger partial charge in [-0.05, 0) is 38.1 Å². The number of hydrogen-bond donors (Lipinski definition) is 0. The Balaban J connectivity index is 2.42. The summed E-state index contributed by atoms with van der Waals surface area (Å²) in [5, 5.41) is 7.71. The zero-order chi connectivity index (χ0) is 16.8. The summed E-state index contributed by atoms with van der Waals surface area (Å²) in [7, 11) is 3.02. The van der Waals surface area contributed by atoms with Crippen molar-refractivity contribution in [2.24, 2.45) is 0 Å². The van der Waals surface area contributed by atoms with E-state index in [-0.39, 0.29) is 18.3 Å². The number of aromatic nitrogens is 2. The zero-order valence-electron chi connectivity index (χ0n) is 13.4. The summed E-state index contributed by atoms with van der Waals surface area (Å²) in [5.41, 5.74) is 0.977. The van der Waals surface area contributed by atoms with Crippen molar-refractivity contribution in [2.45, 2.75) is 19.4 Å². The van der Waals surface area contributed by atoms with Crippen molar-refractivity contribution < 1.29 is 19.0 Å². The molecule has 0 amide bonds. The first-order valence-corrected chi connectivity index (χ1v) is 7.11. The molecule has 1 aromatic heterocycles. The van der Waals surface area contributed by atoms with Gasteiger partial charge in [0.2, 0.25) is 5.75 Å². The van der Waals surface area contributed by atoms with Crippen molar-refractivity contribution in [1.29, 1.82) is 0 Å². The number of rotatable bonds is 7. The first-order chi connectivity index (χ1) is 11.1. The van der Waals surface area contributed by atoms with Gasteiger partial charge < -0.3 is 14.2 Å². The average molecular weight is 315 g/mol. The molecule has 0 aliphatic rings. The summed E-state index contributed by atoms with van der Waals surface area (Å²) in [6, 6.07) is 6.80. The summed E-state index contributed by atoms with van der Waals surface area (Å²) in [6.07, 6.45) is 1.31.